The van der Waals surface area contributed by atoms with Gasteiger partial charge in [-0.3, -0.25) is 4.55 Å². The molecule has 31 heavy (non-hydrogen) atoms. The fourth-order valence-electron chi connectivity index (χ4n) is 2.85. The Balaban J connectivity index is 2.79. The van der Waals surface area contributed by atoms with Crippen LogP contribution in [-0.2, 0) is 38.2 Å². The van der Waals surface area contributed by atoms with Gasteiger partial charge in [0.1, 0.15) is 5.75 Å². The highest BCUT2D eigenvalue weighted by atomic mass is 32.2. The Bertz CT molecular complexity index is 1040. The van der Waals surface area contributed by atoms with E-state index >= 15 is 0 Å². The molecule has 11 heteroatoms. The Morgan fingerprint density at radius 3 is 1.58 bits per heavy atom. The van der Waals surface area contributed by atoms with Crippen molar-refractivity contribution in [3.63, 3.8) is 0 Å². The van der Waals surface area contributed by atoms with Crippen LogP contribution in [0.15, 0.2) is 17.0 Å². The standard InChI is InChI=1S/C20H22F4O6S/c1-20(2,3)12-6-10(8-28-4)17(11(7-12)9-29-5)30-18-13(21)15(23)19(31(25,26)27)16(24)14(18)22/h6-7H,8-9H2,1-5H3,(H,25,26,27). The molecule has 0 aromatic heterocycles. The largest absolute Gasteiger partial charge is 0.450 e. The predicted octanol–water partition coefficient (Wildman–Crippen LogP) is 4.87. The normalized spacial score (nSPS) is 12.3. The van der Waals surface area contributed by atoms with E-state index in [9.17, 15) is 26.0 Å². The van der Waals surface area contributed by atoms with E-state index in [1.165, 1.54) is 14.2 Å². The average molecular weight is 466 g/mol. The Morgan fingerprint density at radius 1 is 0.839 bits per heavy atom. The summed E-state index contributed by atoms with van der Waals surface area (Å²) in [5, 5.41) is 0. The monoisotopic (exact) mass is 466 g/mol. The van der Waals surface area contributed by atoms with Crippen molar-refractivity contribution in [3.05, 3.63) is 52.1 Å². The number of methoxy groups -OCH3 is 2. The average Bonchev–Trinajstić information content (AvgIpc) is 2.63. The van der Waals surface area contributed by atoms with Gasteiger partial charge < -0.3 is 14.2 Å². The van der Waals surface area contributed by atoms with Crippen LogP contribution in [0.4, 0.5) is 17.6 Å². The number of ether oxygens (including phenoxy) is 3. The number of benzene rings is 2. The van der Waals surface area contributed by atoms with Crippen LogP contribution in [-0.4, -0.2) is 27.2 Å². The molecule has 2 rings (SSSR count). The van der Waals surface area contributed by atoms with Crippen molar-refractivity contribution < 1.29 is 44.7 Å². The lowest BCUT2D eigenvalue weighted by Gasteiger charge is -2.24. The van der Waals surface area contributed by atoms with E-state index < -0.39 is 44.0 Å². The molecule has 0 saturated carbocycles. The van der Waals surface area contributed by atoms with Crippen molar-refractivity contribution in [1.82, 2.24) is 0 Å². The lowest BCUT2D eigenvalue weighted by molar-refractivity contribution is 0.174. The van der Waals surface area contributed by atoms with Crippen LogP contribution in [0.2, 0.25) is 0 Å². The van der Waals surface area contributed by atoms with Gasteiger partial charge in [0.2, 0.25) is 17.4 Å². The molecule has 0 aliphatic rings. The molecule has 0 saturated heterocycles. The maximum absolute atomic E-state index is 14.5. The van der Waals surface area contributed by atoms with E-state index in [0.29, 0.717) is 11.1 Å². The molecule has 6 nitrogen and oxygen atoms in total. The van der Waals surface area contributed by atoms with Gasteiger partial charge in [0, 0.05) is 25.3 Å². The molecule has 0 amide bonds. The van der Waals surface area contributed by atoms with Crippen molar-refractivity contribution in [2.45, 2.75) is 44.3 Å². The highest BCUT2D eigenvalue weighted by Gasteiger charge is 2.34. The fraction of sp³-hybridized carbons (Fsp3) is 0.400. The molecule has 1 N–H and O–H groups in total. The summed E-state index contributed by atoms with van der Waals surface area (Å²) in [6.45, 7) is 5.62. The van der Waals surface area contributed by atoms with Crippen LogP contribution in [0.5, 0.6) is 11.5 Å². The highest BCUT2D eigenvalue weighted by Crippen LogP contribution is 2.39. The Hall–Kier alpha value is -2.21. The summed E-state index contributed by atoms with van der Waals surface area (Å²) in [5.41, 5.74) is 1.08. The van der Waals surface area contributed by atoms with E-state index in [2.05, 4.69) is 0 Å². The molecule has 0 radical (unpaired) electrons. The maximum Gasteiger partial charge on any atom is 0.300 e. The zero-order chi connectivity index (χ0) is 23.7. The lowest BCUT2D eigenvalue weighted by Crippen LogP contribution is -2.14. The topological polar surface area (TPSA) is 82.1 Å². The van der Waals surface area contributed by atoms with Gasteiger partial charge in [-0.2, -0.15) is 17.2 Å². The van der Waals surface area contributed by atoms with Gasteiger partial charge in [0.25, 0.3) is 0 Å². The molecule has 0 heterocycles. The fourth-order valence-corrected chi connectivity index (χ4v) is 3.49. The van der Waals surface area contributed by atoms with Crippen molar-refractivity contribution in [2.75, 3.05) is 14.2 Å². The van der Waals surface area contributed by atoms with Crippen LogP contribution in [0.3, 0.4) is 0 Å². The van der Waals surface area contributed by atoms with E-state index in [1.807, 2.05) is 20.8 Å². The molecule has 0 unspecified atom stereocenters. The van der Waals surface area contributed by atoms with Gasteiger partial charge in [0.15, 0.2) is 16.5 Å². The Morgan fingerprint density at radius 2 is 1.26 bits per heavy atom. The molecule has 2 aromatic carbocycles. The summed E-state index contributed by atoms with van der Waals surface area (Å²) in [6, 6.07) is 3.29. The first-order valence-electron chi connectivity index (χ1n) is 8.89. The molecule has 0 aliphatic heterocycles. The first-order valence-corrected chi connectivity index (χ1v) is 10.3. The number of halogens is 4. The second-order valence-corrected chi connectivity index (χ2v) is 9.09. The second-order valence-electron chi connectivity index (χ2n) is 7.73. The van der Waals surface area contributed by atoms with Crippen LogP contribution in [0.25, 0.3) is 0 Å². The summed E-state index contributed by atoms with van der Waals surface area (Å²) >= 11 is 0. The van der Waals surface area contributed by atoms with E-state index in [4.69, 9.17) is 18.8 Å². The molecule has 0 aliphatic carbocycles. The van der Waals surface area contributed by atoms with E-state index in [0.717, 1.165) is 5.56 Å². The van der Waals surface area contributed by atoms with Gasteiger partial charge >= 0.3 is 10.1 Å². The predicted molar refractivity (Wildman–Crippen MR) is 103 cm³/mol. The minimum Gasteiger partial charge on any atom is -0.450 e. The van der Waals surface area contributed by atoms with Crippen molar-refractivity contribution >= 4 is 10.1 Å². The molecule has 0 atom stereocenters. The van der Waals surface area contributed by atoms with Gasteiger partial charge in [-0.25, -0.2) is 8.78 Å². The summed E-state index contributed by atoms with van der Waals surface area (Å²) in [7, 11) is -2.85. The van der Waals surface area contributed by atoms with Crippen LogP contribution in [0, 0.1) is 23.3 Å². The molecule has 172 valence electrons. The second kappa shape index (κ2) is 9.11. The van der Waals surface area contributed by atoms with Crippen molar-refractivity contribution in [2.24, 2.45) is 0 Å². The maximum atomic E-state index is 14.5. The molecule has 0 spiro atoms. The third-order valence-electron chi connectivity index (χ3n) is 4.35. The zero-order valence-corrected chi connectivity index (χ0v) is 18.3. The minimum atomic E-state index is -5.58. The van der Waals surface area contributed by atoms with E-state index in [1.54, 1.807) is 12.1 Å². The molecule has 2 aromatic rings. The van der Waals surface area contributed by atoms with Crippen LogP contribution >= 0.6 is 0 Å². The Labute approximate surface area is 177 Å². The van der Waals surface area contributed by atoms with E-state index in [-0.39, 0.29) is 24.4 Å². The number of rotatable bonds is 7. The highest BCUT2D eigenvalue weighted by molar-refractivity contribution is 7.85. The number of hydrogen-bond acceptors (Lipinski definition) is 5. The van der Waals surface area contributed by atoms with Crippen LogP contribution in [0.1, 0.15) is 37.5 Å². The zero-order valence-electron chi connectivity index (χ0n) is 17.5. The van der Waals surface area contributed by atoms with Gasteiger partial charge in [-0.1, -0.05) is 20.8 Å². The lowest BCUT2D eigenvalue weighted by atomic mass is 9.84. The van der Waals surface area contributed by atoms with Gasteiger partial charge in [-0.15, -0.1) is 0 Å². The quantitative estimate of drug-likeness (QED) is 0.356. The van der Waals surface area contributed by atoms with Crippen molar-refractivity contribution in [1.29, 1.82) is 0 Å². The first-order chi connectivity index (χ1) is 14.2. The molecular formula is C20H22F4O6S. The summed E-state index contributed by atoms with van der Waals surface area (Å²) in [4.78, 5) is -2.15. The smallest absolute Gasteiger partial charge is 0.300 e. The van der Waals surface area contributed by atoms with Crippen LogP contribution < -0.4 is 4.74 Å². The number of hydrogen-bond donors (Lipinski definition) is 1. The Kier molecular flexibility index (Phi) is 7.36. The third-order valence-corrected chi connectivity index (χ3v) is 5.23. The summed E-state index contributed by atoms with van der Waals surface area (Å²) < 4.78 is 104. The molecule has 0 bridgehead atoms. The SMILES string of the molecule is COCc1cc(C(C)(C)C)cc(COC)c1Oc1c(F)c(F)c(S(=O)(=O)O)c(F)c1F. The van der Waals surface area contributed by atoms with Crippen molar-refractivity contribution in [3.8, 4) is 11.5 Å². The van der Waals surface area contributed by atoms with Gasteiger partial charge in [-0.05, 0) is 23.1 Å². The third kappa shape index (κ3) is 5.17. The molecular weight excluding hydrogens is 444 g/mol. The molecule has 0 fully saturated rings. The minimum absolute atomic E-state index is 0.0761. The summed E-state index contributed by atoms with van der Waals surface area (Å²) in [6.07, 6.45) is 0. The van der Waals surface area contributed by atoms with Gasteiger partial charge in [0.05, 0.1) is 13.2 Å². The summed E-state index contributed by atoms with van der Waals surface area (Å²) in [5.74, 6) is -10.6. The first kappa shape index (κ1) is 25.1.